The average Bonchev–Trinajstić information content (AvgIpc) is 2.31. The Balaban J connectivity index is 2.25. The standard InChI is InChI=1S/C11H14N2O3/c1-13-9-6-8(12-4-5-14)2-3-10(9)16-7-11(13)15/h2-3,6,12,14H,4-5,7H2,1H3. The number of aliphatic hydroxyl groups excluding tert-OH is 1. The van der Waals surface area contributed by atoms with Crippen LogP contribution in [-0.2, 0) is 4.79 Å². The van der Waals surface area contributed by atoms with Gasteiger partial charge in [-0.2, -0.15) is 0 Å². The van der Waals surface area contributed by atoms with Crippen molar-refractivity contribution in [1.29, 1.82) is 0 Å². The molecule has 86 valence electrons. The highest BCUT2D eigenvalue weighted by atomic mass is 16.5. The summed E-state index contributed by atoms with van der Waals surface area (Å²) in [7, 11) is 1.72. The van der Waals surface area contributed by atoms with E-state index in [0.717, 1.165) is 11.4 Å². The Kier molecular flexibility index (Phi) is 2.96. The summed E-state index contributed by atoms with van der Waals surface area (Å²) in [6, 6.07) is 5.51. The molecule has 0 saturated heterocycles. The van der Waals surface area contributed by atoms with Gasteiger partial charge in [-0.15, -0.1) is 0 Å². The second-order valence-corrected chi connectivity index (χ2v) is 3.57. The highest BCUT2D eigenvalue weighted by Crippen LogP contribution is 2.33. The fraction of sp³-hybridized carbons (Fsp3) is 0.364. The van der Waals surface area contributed by atoms with Gasteiger partial charge >= 0.3 is 0 Å². The third-order valence-electron chi connectivity index (χ3n) is 2.49. The first-order chi connectivity index (χ1) is 7.72. The molecule has 0 spiro atoms. The number of likely N-dealkylation sites (N-methyl/N-ethyl adjacent to an activating group) is 1. The van der Waals surface area contributed by atoms with Gasteiger partial charge in [-0.3, -0.25) is 4.79 Å². The number of hydrogen-bond acceptors (Lipinski definition) is 4. The van der Waals surface area contributed by atoms with Crippen LogP contribution < -0.4 is 15.0 Å². The van der Waals surface area contributed by atoms with Gasteiger partial charge in [0.25, 0.3) is 5.91 Å². The number of amides is 1. The van der Waals surface area contributed by atoms with Gasteiger partial charge in [0.05, 0.1) is 12.3 Å². The van der Waals surface area contributed by atoms with Crippen LogP contribution in [-0.4, -0.2) is 37.8 Å². The summed E-state index contributed by atoms with van der Waals surface area (Å²) in [5.41, 5.74) is 1.61. The van der Waals surface area contributed by atoms with Crippen molar-refractivity contribution in [3.05, 3.63) is 18.2 Å². The van der Waals surface area contributed by atoms with Crippen LogP contribution in [0.3, 0.4) is 0 Å². The topological polar surface area (TPSA) is 61.8 Å². The van der Waals surface area contributed by atoms with Gasteiger partial charge in [-0.25, -0.2) is 0 Å². The van der Waals surface area contributed by atoms with Crippen molar-refractivity contribution in [1.82, 2.24) is 0 Å². The highest BCUT2D eigenvalue weighted by Gasteiger charge is 2.22. The predicted molar refractivity (Wildman–Crippen MR) is 60.9 cm³/mol. The summed E-state index contributed by atoms with van der Waals surface area (Å²) < 4.78 is 5.30. The molecule has 2 N–H and O–H groups in total. The monoisotopic (exact) mass is 222 g/mol. The quantitative estimate of drug-likeness (QED) is 0.779. The van der Waals surface area contributed by atoms with E-state index in [-0.39, 0.29) is 19.1 Å². The molecule has 0 bridgehead atoms. The number of nitrogens with zero attached hydrogens (tertiary/aromatic N) is 1. The number of carbonyl (C=O) groups excluding carboxylic acids is 1. The van der Waals surface area contributed by atoms with Gasteiger partial charge in [0.1, 0.15) is 5.75 Å². The van der Waals surface area contributed by atoms with Crippen LogP contribution in [0.2, 0.25) is 0 Å². The smallest absolute Gasteiger partial charge is 0.264 e. The van der Waals surface area contributed by atoms with Gasteiger partial charge in [0.2, 0.25) is 0 Å². The number of nitrogens with one attached hydrogen (secondary N) is 1. The van der Waals surface area contributed by atoms with E-state index in [2.05, 4.69) is 5.32 Å². The van der Waals surface area contributed by atoms with Crippen LogP contribution in [0, 0.1) is 0 Å². The number of rotatable bonds is 3. The van der Waals surface area contributed by atoms with Crippen molar-refractivity contribution in [2.24, 2.45) is 0 Å². The average molecular weight is 222 g/mol. The molecule has 16 heavy (non-hydrogen) atoms. The zero-order valence-electron chi connectivity index (χ0n) is 9.06. The Morgan fingerprint density at radius 3 is 3.12 bits per heavy atom. The number of benzene rings is 1. The second-order valence-electron chi connectivity index (χ2n) is 3.57. The second kappa shape index (κ2) is 4.40. The number of aliphatic hydroxyl groups is 1. The zero-order chi connectivity index (χ0) is 11.5. The maximum atomic E-state index is 11.4. The fourth-order valence-corrected chi connectivity index (χ4v) is 1.58. The van der Waals surface area contributed by atoms with Crippen molar-refractivity contribution in [2.45, 2.75) is 0 Å². The van der Waals surface area contributed by atoms with Crippen LogP contribution >= 0.6 is 0 Å². The van der Waals surface area contributed by atoms with Crippen LogP contribution in [0.15, 0.2) is 18.2 Å². The molecular weight excluding hydrogens is 208 g/mol. The van der Waals surface area contributed by atoms with Crippen molar-refractivity contribution < 1.29 is 14.6 Å². The Bertz CT molecular complexity index is 406. The lowest BCUT2D eigenvalue weighted by atomic mass is 10.2. The van der Waals surface area contributed by atoms with Crippen molar-refractivity contribution in [3.8, 4) is 5.75 Å². The van der Waals surface area contributed by atoms with E-state index in [9.17, 15) is 4.79 Å². The van der Waals surface area contributed by atoms with Crippen molar-refractivity contribution >= 4 is 17.3 Å². The molecule has 0 fully saturated rings. The van der Waals surface area contributed by atoms with Gasteiger partial charge in [0, 0.05) is 19.3 Å². The van der Waals surface area contributed by atoms with Crippen LogP contribution in [0.4, 0.5) is 11.4 Å². The first kappa shape index (κ1) is 10.8. The van der Waals surface area contributed by atoms with E-state index >= 15 is 0 Å². The molecule has 0 unspecified atom stereocenters. The summed E-state index contributed by atoms with van der Waals surface area (Å²) in [6.45, 7) is 0.645. The zero-order valence-corrected chi connectivity index (χ0v) is 9.06. The lowest BCUT2D eigenvalue weighted by Crippen LogP contribution is -2.35. The van der Waals surface area contributed by atoms with E-state index in [1.54, 1.807) is 11.9 Å². The van der Waals surface area contributed by atoms with Gasteiger partial charge in [0.15, 0.2) is 6.61 Å². The molecule has 0 saturated carbocycles. The van der Waals surface area contributed by atoms with E-state index < -0.39 is 0 Å². The molecule has 0 aliphatic carbocycles. The number of hydrogen-bond donors (Lipinski definition) is 2. The number of ether oxygens (including phenoxy) is 1. The first-order valence-electron chi connectivity index (χ1n) is 5.10. The Morgan fingerprint density at radius 2 is 2.38 bits per heavy atom. The minimum absolute atomic E-state index is 0.0631. The molecule has 1 aromatic carbocycles. The Labute approximate surface area is 93.6 Å². The molecule has 1 heterocycles. The van der Waals surface area contributed by atoms with Crippen molar-refractivity contribution in [2.75, 3.05) is 37.0 Å². The number of carbonyl (C=O) groups is 1. The van der Waals surface area contributed by atoms with Crippen LogP contribution in [0.5, 0.6) is 5.75 Å². The SMILES string of the molecule is CN1C(=O)COc2ccc(NCCO)cc21. The van der Waals surface area contributed by atoms with Gasteiger partial charge in [-0.1, -0.05) is 0 Å². The Morgan fingerprint density at radius 1 is 1.56 bits per heavy atom. The fourth-order valence-electron chi connectivity index (χ4n) is 1.58. The predicted octanol–water partition coefficient (Wildman–Crippen LogP) is 0.446. The van der Waals surface area contributed by atoms with Crippen molar-refractivity contribution in [3.63, 3.8) is 0 Å². The Hall–Kier alpha value is -1.75. The molecule has 0 radical (unpaired) electrons. The molecule has 1 aliphatic heterocycles. The molecule has 5 nitrogen and oxygen atoms in total. The number of anilines is 2. The maximum Gasteiger partial charge on any atom is 0.264 e. The highest BCUT2D eigenvalue weighted by molar-refractivity contribution is 5.97. The minimum Gasteiger partial charge on any atom is -0.482 e. The largest absolute Gasteiger partial charge is 0.482 e. The summed E-state index contributed by atoms with van der Waals surface area (Å²) in [5.74, 6) is 0.642. The molecule has 0 atom stereocenters. The molecular formula is C11H14N2O3. The lowest BCUT2D eigenvalue weighted by Gasteiger charge is -2.26. The summed E-state index contributed by atoms with van der Waals surface area (Å²) in [4.78, 5) is 13.0. The van der Waals surface area contributed by atoms with E-state index in [4.69, 9.17) is 9.84 Å². The molecule has 1 aromatic rings. The number of fused-ring (bicyclic) bond motifs is 1. The lowest BCUT2D eigenvalue weighted by molar-refractivity contribution is -0.120. The molecule has 1 amide bonds. The summed E-state index contributed by atoms with van der Waals surface area (Å²) >= 11 is 0. The van der Waals surface area contributed by atoms with E-state index in [0.29, 0.717) is 12.3 Å². The van der Waals surface area contributed by atoms with Gasteiger partial charge in [-0.05, 0) is 18.2 Å². The van der Waals surface area contributed by atoms with Crippen LogP contribution in [0.1, 0.15) is 0 Å². The molecule has 0 aromatic heterocycles. The molecule has 2 rings (SSSR count). The first-order valence-corrected chi connectivity index (χ1v) is 5.10. The van der Waals surface area contributed by atoms with Crippen LogP contribution in [0.25, 0.3) is 0 Å². The third-order valence-corrected chi connectivity index (χ3v) is 2.49. The van der Waals surface area contributed by atoms with E-state index in [1.165, 1.54) is 0 Å². The maximum absolute atomic E-state index is 11.4. The minimum atomic E-state index is -0.0631. The molecule has 1 aliphatic rings. The normalized spacial score (nSPS) is 14.4. The van der Waals surface area contributed by atoms with Gasteiger partial charge < -0.3 is 20.1 Å². The summed E-state index contributed by atoms with van der Waals surface area (Å²) in [6.07, 6.45) is 0. The third kappa shape index (κ3) is 1.94. The molecule has 5 heteroatoms. The van der Waals surface area contributed by atoms with E-state index in [1.807, 2.05) is 18.2 Å². The summed E-state index contributed by atoms with van der Waals surface area (Å²) in [5, 5.41) is 11.7.